The maximum atomic E-state index is 5.93. The molecule has 1 aromatic heterocycles. The predicted molar refractivity (Wildman–Crippen MR) is 102 cm³/mol. The lowest BCUT2D eigenvalue weighted by atomic mass is 10.1. The molecule has 1 aromatic carbocycles. The van der Waals surface area contributed by atoms with Crippen molar-refractivity contribution in [2.45, 2.75) is 31.6 Å². The fourth-order valence-electron chi connectivity index (χ4n) is 3.62. The normalized spacial score (nSPS) is 23.6. The summed E-state index contributed by atoms with van der Waals surface area (Å²) in [7, 11) is 1.80. The van der Waals surface area contributed by atoms with Crippen LogP contribution >= 0.6 is 0 Å². The van der Waals surface area contributed by atoms with E-state index in [9.17, 15) is 0 Å². The van der Waals surface area contributed by atoms with Gasteiger partial charge in [0.1, 0.15) is 11.8 Å². The summed E-state index contributed by atoms with van der Waals surface area (Å²) in [6.45, 7) is 3.70. The Morgan fingerprint density at radius 1 is 1.22 bits per heavy atom. The van der Waals surface area contributed by atoms with E-state index in [2.05, 4.69) is 20.4 Å². The number of aromatic nitrogens is 1. The van der Waals surface area contributed by atoms with E-state index in [1.165, 1.54) is 0 Å². The largest absolute Gasteiger partial charge is 0.375 e. The van der Waals surface area contributed by atoms with Gasteiger partial charge in [0.05, 0.1) is 19.3 Å². The van der Waals surface area contributed by atoms with Crippen LogP contribution in [0.1, 0.15) is 18.5 Å². The highest BCUT2D eigenvalue weighted by Gasteiger charge is 2.32. The van der Waals surface area contributed by atoms with Crippen molar-refractivity contribution in [3.05, 3.63) is 42.1 Å². The van der Waals surface area contributed by atoms with Gasteiger partial charge in [-0.3, -0.25) is 4.99 Å². The van der Waals surface area contributed by atoms with Crippen molar-refractivity contribution in [3.63, 3.8) is 0 Å². The van der Waals surface area contributed by atoms with Gasteiger partial charge in [0.25, 0.3) is 0 Å². The number of benzene rings is 1. The van der Waals surface area contributed by atoms with Crippen LogP contribution in [0, 0.1) is 0 Å². The molecule has 2 saturated heterocycles. The van der Waals surface area contributed by atoms with Crippen LogP contribution < -0.4 is 5.32 Å². The molecule has 0 bridgehead atoms. The zero-order valence-electron chi connectivity index (χ0n) is 15.6. The zero-order chi connectivity index (χ0) is 18.5. The van der Waals surface area contributed by atoms with E-state index < -0.39 is 0 Å². The first-order valence-electron chi connectivity index (χ1n) is 9.53. The summed E-state index contributed by atoms with van der Waals surface area (Å²) in [6, 6.07) is 11.9. The molecule has 1 N–H and O–H groups in total. The molecule has 2 aliphatic rings. The second kappa shape index (κ2) is 8.54. The van der Waals surface area contributed by atoms with Crippen LogP contribution in [0.25, 0.3) is 11.3 Å². The molecule has 3 heterocycles. The first-order valence-corrected chi connectivity index (χ1v) is 9.53. The Morgan fingerprint density at radius 3 is 2.85 bits per heavy atom. The maximum absolute atomic E-state index is 5.93. The second-order valence-corrected chi connectivity index (χ2v) is 6.86. The first-order chi connectivity index (χ1) is 13.3. The monoisotopic (exact) mass is 370 g/mol. The van der Waals surface area contributed by atoms with Crippen molar-refractivity contribution in [1.29, 1.82) is 0 Å². The summed E-state index contributed by atoms with van der Waals surface area (Å²) in [5.74, 6) is 1.62. The fraction of sp³-hybridized carbons (Fsp3) is 0.500. The van der Waals surface area contributed by atoms with Crippen molar-refractivity contribution < 1.29 is 14.0 Å². The minimum Gasteiger partial charge on any atom is -0.375 e. The van der Waals surface area contributed by atoms with Gasteiger partial charge in [-0.1, -0.05) is 35.5 Å². The third-order valence-electron chi connectivity index (χ3n) is 5.03. The molecule has 0 spiro atoms. The molecule has 2 fully saturated rings. The van der Waals surface area contributed by atoms with Crippen LogP contribution in [0.2, 0.25) is 0 Å². The summed E-state index contributed by atoms with van der Waals surface area (Å²) in [5.41, 5.74) is 1.87. The Morgan fingerprint density at radius 2 is 2.07 bits per heavy atom. The van der Waals surface area contributed by atoms with Crippen LogP contribution in [0.5, 0.6) is 0 Å². The molecule has 7 nitrogen and oxygen atoms in total. The lowest BCUT2D eigenvalue weighted by Crippen LogP contribution is -2.53. The van der Waals surface area contributed by atoms with Gasteiger partial charge in [-0.15, -0.1) is 0 Å². The first kappa shape index (κ1) is 18.0. The zero-order valence-corrected chi connectivity index (χ0v) is 15.6. The van der Waals surface area contributed by atoms with Crippen molar-refractivity contribution >= 4 is 5.96 Å². The topological polar surface area (TPSA) is 72.1 Å². The lowest BCUT2D eigenvalue weighted by molar-refractivity contribution is -0.0817. The molecule has 0 radical (unpaired) electrons. The third-order valence-corrected chi connectivity index (χ3v) is 5.03. The van der Waals surface area contributed by atoms with Crippen molar-refractivity contribution in [1.82, 2.24) is 15.4 Å². The molecular formula is C20H26N4O3. The van der Waals surface area contributed by atoms with E-state index in [1.54, 1.807) is 7.05 Å². The van der Waals surface area contributed by atoms with Gasteiger partial charge in [-0.25, -0.2) is 0 Å². The molecule has 144 valence electrons. The van der Waals surface area contributed by atoms with Gasteiger partial charge in [0.15, 0.2) is 11.7 Å². The smallest absolute Gasteiger partial charge is 0.194 e. The number of hydrogen-bond acceptors (Lipinski definition) is 5. The molecule has 7 heteroatoms. The maximum Gasteiger partial charge on any atom is 0.194 e. The van der Waals surface area contributed by atoms with Crippen LogP contribution in [-0.2, 0) is 16.0 Å². The molecule has 2 aliphatic heterocycles. The van der Waals surface area contributed by atoms with Crippen molar-refractivity contribution in [2.24, 2.45) is 4.99 Å². The molecule has 0 saturated carbocycles. The van der Waals surface area contributed by atoms with Crippen LogP contribution in [-0.4, -0.2) is 61.6 Å². The molecule has 4 rings (SSSR count). The van der Waals surface area contributed by atoms with Gasteiger partial charge in [-0.2, -0.15) is 0 Å². The van der Waals surface area contributed by atoms with E-state index in [1.807, 2.05) is 36.4 Å². The lowest BCUT2D eigenvalue weighted by Gasteiger charge is -2.37. The standard InChI is InChI=1S/C20H26N4O3/c1-21-20(24-9-11-26-19(14-24)17-8-5-10-25-17)22-13-16-12-18(27-23-16)15-6-3-2-4-7-15/h2-4,6-7,12,17,19H,5,8-11,13-14H2,1H3,(H,21,22). The summed E-state index contributed by atoms with van der Waals surface area (Å²) < 4.78 is 17.2. The minimum absolute atomic E-state index is 0.108. The summed E-state index contributed by atoms with van der Waals surface area (Å²) in [6.07, 6.45) is 2.51. The molecule has 0 amide bonds. The molecule has 2 aromatic rings. The average Bonchev–Trinajstić information content (AvgIpc) is 3.42. The fourth-order valence-corrected chi connectivity index (χ4v) is 3.62. The molecule has 2 atom stereocenters. The quantitative estimate of drug-likeness (QED) is 0.658. The van der Waals surface area contributed by atoms with E-state index >= 15 is 0 Å². The Bertz CT molecular complexity index is 756. The van der Waals surface area contributed by atoms with Gasteiger partial charge in [0, 0.05) is 38.4 Å². The van der Waals surface area contributed by atoms with Crippen molar-refractivity contribution in [3.8, 4) is 11.3 Å². The van der Waals surface area contributed by atoms with E-state index in [-0.39, 0.29) is 12.2 Å². The number of nitrogens with one attached hydrogen (secondary N) is 1. The number of hydrogen-bond donors (Lipinski definition) is 1. The highest BCUT2D eigenvalue weighted by molar-refractivity contribution is 5.80. The number of morpholine rings is 1. The van der Waals surface area contributed by atoms with Crippen LogP contribution in [0.4, 0.5) is 0 Å². The van der Waals surface area contributed by atoms with Crippen LogP contribution in [0.3, 0.4) is 0 Å². The van der Waals surface area contributed by atoms with Crippen LogP contribution in [0.15, 0.2) is 45.9 Å². The SMILES string of the molecule is CN=C(NCc1cc(-c2ccccc2)on1)N1CCOC(C2CCCO2)C1. The average molecular weight is 370 g/mol. The van der Waals surface area contributed by atoms with E-state index in [4.69, 9.17) is 14.0 Å². The summed E-state index contributed by atoms with van der Waals surface area (Å²) >= 11 is 0. The summed E-state index contributed by atoms with van der Waals surface area (Å²) in [4.78, 5) is 6.66. The molecule has 0 aliphatic carbocycles. The predicted octanol–water partition coefficient (Wildman–Crippen LogP) is 2.30. The highest BCUT2D eigenvalue weighted by atomic mass is 16.5. The van der Waals surface area contributed by atoms with E-state index in [0.29, 0.717) is 13.2 Å². The number of nitrogens with zero attached hydrogens (tertiary/aromatic N) is 3. The Labute approximate surface area is 159 Å². The van der Waals surface area contributed by atoms with Gasteiger partial charge < -0.3 is 24.2 Å². The van der Waals surface area contributed by atoms with E-state index in [0.717, 1.165) is 55.5 Å². The minimum atomic E-state index is 0.108. The van der Waals surface area contributed by atoms with Gasteiger partial charge >= 0.3 is 0 Å². The molecular weight excluding hydrogens is 344 g/mol. The number of guanidine groups is 1. The Balaban J connectivity index is 1.34. The number of rotatable bonds is 4. The molecule has 2 unspecified atom stereocenters. The summed E-state index contributed by atoms with van der Waals surface area (Å²) in [5, 5.41) is 7.55. The third kappa shape index (κ3) is 4.31. The number of ether oxygens (including phenoxy) is 2. The number of aliphatic imine (C=N–C) groups is 1. The van der Waals surface area contributed by atoms with Gasteiger partial charge in [0.2, 0.25) is 0 Å². The van der Waals surface area contributed by atoms with Gasteiger partial charge in [-0.05, 0) is 12.8 Å². The highest BCUT2D eigenvalue weighted by Crippen LogP contribution is 2.22. The molecule has 27 heavy (non-hydrogen) atoms. The Hall–Kier alpha value is -2.38. The second-order valence-electron chi connectivity index (χ2n) is 6.86. The Kier molecular flexibility index (Phi) is 5.69. The van der Waals surface area contributed by atoms with Crippen molar-refractivity contribution in [2.75, 3.05) is 33.4 Å².